The second kappa shape index (κ2) is 11.9. The highest BCUT2D eigenvalue weighted by Gasteiger charge is 2.38. The quantitative estimate of drug-likeness (QED) is 0.239. The van der Waals surface area contributed by atoms with Crippen LogP contribution in [0, 0.1) is 5.95 Å². The number of nitrogens with zero attached hydrogens (tertiary/aromatic N) is 6. The molecule has 6 aromatic rings. The Bertz CT molecular complexity index is 2470. The third-order valence-electron chi connectivity index (χ3n) is 8.91. The van der Waals surface area contributed by atoms with Gasteiger partial charge in [0.1, 0.15) is 5.60 Å². The fourth-order valence-electron chi connectivity index (χ4n) is 6.67. The Hall–Kier alpha value is -5.28. The van der Waals surface area contributed by atoms with Crippen LogP contribution in [0.4, 0.5) is 9.18 Å². The van der Waals surface area contributed by atoms with Gasteiger partial charge < -0.3 is 15.2 Å². The van der Waals surface area contributed by atoms with Crippen LogP contribution < -0.4 is 11.0 Å². The number of amides is 1. The number of aliphatic hydroxyl groups excluding tert-OH is 1. The molecule has 50 heavy (non-hydrogen) atoms. The molecular weight excluding hydrogens is 665 g/mol. The molecular formula is C35H36FN7O6S. The summed E-state index contributed by atoms with van der Waals surface area (Å²) in [5.74, 6) is -0.906. The van der Waals surface area contributed by atoms with Crippen molar-refractivity contribution in [2.75, 3.05) is 0 Å². The van der Waals surface area contributed by atoms with Gasteiger partial charge in [-0.1, -0.05) is 36.4 Å². The number of alkyl carbamates (subject to hydrolysis) is 1. The summed E-state index contributed by atoms with van der Waals surface area (Å²) in [4.78, 5) is 31.1. The highest BCUT2D eigenvalue weighted by molar-refractivity contribution is 7.90. The van der Waals surface area contributed by atoms with Crippen molar-refractivity contribution in [1.29, 1.82) is 0 Å². The number of carbonyl (C=O) groups is 1. The minimum atomic E-state index is -4.44. The van der Waals surface area contributed by atoms with Crippen molar-refractivity contribution in [2.24, 2.45) is 14.1 Å². The number of halogens is 1. The number of nitrogens with one attached hydrogen (secondary N) is 1. The lowest BCUT2D eigenvalue weighted by molar-refractivity contribution is 0.0456. The molecule has 0 radical (unpaired) electrons. The number of aryl methyl sites for hydroxylation is 2. The predicted molar refractivity (Wildman–Crippen MR) is 184 cm³/mol. The number of aliphatic hydroxyl groups is 1. The van der Waals surface area contributed by atoms with E-state index in [0.29, 0.717) is 46.0 Å². The van der Waals surface area contributed by atoms with Gasteiger partial charge in [-0.25, -0.2) is 27.0 Å². The van der Waals surface area contributed by atoms with Gasteiger partial charge in [-0.15, -0.1) is 5.10 Å². The Kier molecular flexibility index (Phi) is 7.94. The number of hydrogen-bond donors (Lipinski definition) is 2. The zero-order chi connectivity index (χ0) is 35.7. The van der Waals surface area contributed by atoms with Crippen LogP contribution in [0.5, 0.6) is 0 Å². The molecule has 2 aromatic carbocycles. The van der Waals surface area contributed by atoms with E-state index < -0.39 is 27.7 Å². The summed E-state index contributed by atoms with van der Waals surface area (Å²) in [7, 11) is -1.31. The summed E-state index contributed by atoms with van der Waals surface area (Å²) in [5, 5.41) is 17.1. The summed E-state index contributed by atoms with van der Waals surface area (Å²) in [6.07, 6.45) is 3.09. The number of pyridine rings is 1. The van der Waals surface area contributed by atoms with Crippen molar-refractivity contribution < 1.29 is 27.4 Å². The van der Waals surface area contributed by atoms with E-state index in [9.17, 15) is 23.1 Å². The highest BCUT2D eigenvalue weighted by Crippen LogP contribution is 2.46. The standard InChI is InChI=1S/C35H36FN7O6S/c1-35(2,3)49-33(45)38-22-15-23(16-22)42-30-26(41(5)34(42)46)17-37-32-28(30)27(21-11-9-10-20(14-21)19-44)29(25-18-40(4)39-31(25)36)43(32)50(47,48)24-12-7-6-8-13-24/h6-14,17-18,22-23,44H,15-16,19H2,1-5H3,(H,38,45). The number of imidazole rings is 1. The molecule has 7 rings (SSSR count). The van der Waals surface area contributed by atoms with Gasteiger partial charge in [0.15, 0.2) is 5.65 Å². The van der Waals surface area contributed by atoms with Crippen LogP contribution in [-0.4, -0.2) is 59.1 Å². The molecule has 1 fully saturated rings. The maximum Gasteiger partial charge on any atom is 0.407 e. The zero-order valence-electron chi connectivity index (χ0n) is 28.1. The zero-order valence-corrected chi connectivity index (χ0v) is 28.9. The molecule has 0 unspecified atom stereocenters. The molecule has 2 N–H and O–H groups in total. The normalized spacial score (nSPS) is 16.5. The molecule has 0 atom stereocenters. The third kappa shape index (κ3) is 5.46. The predicted octanol–water partition coefficient (Wildman–Crippen LogP) is 4.85. The van der Waals surface area contributed by atoms with Crippen molar-refractivity contribution in [1.82, 2.24) is 33.2 Å². The number of fused-ring (bicyclic) bond motifs is 3. The Morgan fingerprint density at radius 3 is 2.46 bits per heavy atom. The van der Waals surface area contributed by atoms with Gasteiger partial charge in [0.25, 0.3) is 10.0 Å². The number of carbonyl (C=O) groups excluding carboxylic acids is 1. The average Bonchev–Trinajstić information content (AvgIpc) is 3.66. The summed E-state index contributed by atoms with van der Waals surface area (Å²) in [6, 6.07) is 14.0. The molecule has 0 spiro atoms. The van der Waals surface area contributed by atoms with E-state index >= 15 is 4.39 Å². The Balaban J connectivity index is 1.56. The summed E-state index contributed by atoms with van der Waals surface area (Å²) < 4.78 is 55.9. The number of ether oxygens (including phenoxy) is 1. The molecule has 13 nitrogen and oxygen atoms in total. The van der Waals surface area contributed by atoms with E-state index in [2.05, 4.69) is 15.4 Å². The van der Waals surface area contributed by atoms with Gasteiger partial charge in [0.05, 0.1) is 45.4 Å². The molecule has 1 aliphatic carbocycles. The first-order valence-electron chi connectivity index (χ1n) is 16.0. The van der Waals surface area contributed by atoms with Crippen LogP contribution in [0.2, 0.25) is 0 Å². The van der Waals surface area contributed by atoms with E-state index in [1.807, 2.05) is 0 Å². The minimum Gasteiger partial charge on any atom is -0.444 e. The van der Waals surface area contributed by atoms with Crippen molar-refractivity contribution in [3.63, 3.8) is 0 Å². The second-order valence-corrected chi connectivity index (χ2v) is 15.3. The fourth-order valence-corrected chi connectivity index (χ4v) is 8.18. The van der Waals surface area contributed by atoms with Crippen molar-refractivity contribution in [3.05, 3.63) is 89.0 Å². The minimum absolute atomic E-state index is 0.0221. The molecule has 0 bridgehead atoms. The molecule has 4 heterocycles. The van der Waals surface area contributed by atoms with E-state index in [-0.39, 0.29) is 46.2 Å². The lowest BCUT2D eigenvalue weighted by atomic mass is 9.86. The maximum absolute atomic E-state index is 15.8. The van der Waals surface area contributed by atoms with E-state index in [4.69, 9.17) is 4.74 Å². The monoisotopic (exact) mass is 701 g/mol. The largest absolute Gasteiger partial charge is 0.444 e. The Morgan fingerprint density at radius 2 is 1.82 bits per heavy atom. The second-order valence-electron chi connectivity index (χ2n) is 13.5. The van der Waals surface area contributed by atoms with Gasteiger partial charge in [-0.05, 0) is 62.9 Å². The number of benzene rings is 2. The topological polar surface area (TPSA) is 155 Å². The Morgan fingerprint density at radius 1 is 1.10 bits per heavy atom. The molecule has 0 aliphatic heterocycles. The lowest BCUT2D eigenvalue weighted by Crippen LogP contribution is -2.48. The van der Waals surface area contributed by atoms with E-state index in [1.165, 1.54) is 40.8 Å². The molecule has 260 valence electrons. The molecule has 1 aliphatic rings. The number of hydrogen-bond acceptors (Lipinski definition) is 8. The number of rotatable bonds is 7. The van der Waals surface area contributed by atoms with Crippen LogP contribution in [0.1, 0.15) is 45.2 Å². The SMILES string of the molecule is Cn1cc(-c2c(-c3cccc(CO)c3)c3c(ncc4c3n(C3CC(NC(=O)OC(C)(C)C)C3)c(=O)n4C)n2S(=O)(=O)c2ccccc2)c(F)n1. The van der Waals surface area contributed by atoms with Gasteiger partial charge in [-0.3, -0.25) is 13.8 Å². The smallest absolute Gasteiger partial charge is 0.407 e. The van der Waals surface area contributed by atoms with Crippen molar-refractivity contribution in [2.45, 2.75) is 62.8 Å². The number of aromatic nitrogens is 6. The van der Waals surface area contributed by atoms with E-state index in [1.54, 1.807) is 74.9 Å². The maximum atomic E-state index is 15.8. The van der Waals surface area contributed by atoms with Gasteiger partial charge in [0.2, 0.25) is 5.95 Å². The Labute approximate surface area is 286 Å². The van der Waals surface area contributed by atoms with Crippen LogP contribution in [0.15, 0.2) is 76.7 Å². The lowest BCUT2D eigenvalue weighted by Gasteiger charge is -2.36. The van der Waals surface area contributed by atoms with Crippen molar-refractivity contribution in [3.8, 4) is 22.4 Å². The van der Waals surface area contributed by atoms with Gasteiger partial charge in [-0.2, -0.15) is 4.39 Å². The molecule has 1 saturated carbocycles. The third-order valence-corrected chi connectivity index (χ3v) is 10.6. The summed E-state index contributed by atoms with van der Waals surface area (Å²) >= 11 is 0. The summed E-state index contributed by atoms with van der Waals surface area (Å²) in [5.41, 5.74) is 0.928. The van der Waals surface area contributed by atoms with Gasteiger partial charge >= 0.3 is 11.8 Å². The molecule has 4 aromatic heterocycles. The van der Waals surface area contributed by atoms with E-state index in [0.717, 1.165) is 3.97 Å². The first-order chi connectivity index (χ1) is 23.7. The van der Waals surface area contributed by atoms with Crippen LogP contribution in [0.3, 0.4) is 0 Å². The highest BCUT2D eigenvalue weighted by atomic mass is 32.2. The summed E-state index contributed by atoms with van der Waals surface area (Å²) in [6.45, 7) is 5.02. The van der Waals surface area contributed by atoms with Crippen LogP contribution >= 0.6 is 0 Å². The molecule has 1 amide bonds. The average molecular weight is 702 g/mol. The van der Waals surface area contributed by atoms with Crippen molar-refractivity contribution >= 4 is 38.2 Å². The van der Waals surface area contributed by atoms with Crippen LogP contribution in [0.25, 0.3) is 44.5 Å². The first kappa shape index (κ1) is 33.2. The first-order valence-corrected chi connectivity index (χ1v) is 17.5. The molecule has 0 saturated heterocycles. The van der Waals surface area contributed by atoms with Crippen LogP contribution in [-0.2, 0) is 35.5 Å². The fraction of sp³-hybridized carbons (Fsp3) is 0.314. The molecule has 15 heteroatoms. The van der Waals surface area contributed by atoms with Gasteiger partial charge in [0, 0.05) is 37.9 Å².